The highest BCUT2D eigenvalue weighted by atomic mass is 16.5. The zero-order chi connectivity index (χ0) is 18.1. The standard InChI is InChI=1S/C21H25N3O2/c1-3-17-14-23(13-15(2)26-17)20-18(8-6-11-22-20)21(25)24-12-10-16-7-4-5-9-19(16)24/h4-9,11,15,17H,3,10,12-14H2,1-2H3. The third-order valence-corrected chi connectivity index (χ3v) is 5.23. The summed E-state index contributed by atoms with van der Waals surface area (Å²) in [6, 6.07) is 11.9. The van der Waals surface area contributed by atoms with Gasteiger partial charge in [-0.3, -0.25) is 4.79 Å². The molecule has 2 atom stereocenters. The zero-order valence-electron chi connectivity index (χ0n) is 15.4. The predicted molar refractivity (Wildman–Crippen MR) is 103 cm³/mol. The van der Waals surface area contributed by atoms with Crippen LogP contribution in [0.15, 0.2) is 42.6 Å². The molecule has 5 heteroatoms. The first-order valence-electron chi connectivity index (χ1n) is 9.42. The van der Waals surface area contributed by atoms with Crippen LogP contribution < -0.4 is 9.80 Å². The van der Waals surface area contributed by atoms with Crippen molar-refractivity contribution in [3.63, 3.8) is 0 Å². The van der Waals surface area contributed by atoms with Gasteiger partial charge < -0.3 is 14.5 Å². The largest absolute Gasteiger partial charge is 0.372 e. The molecule has 0 spiro atoms. The van der Waals surface area contributed by atoms with Crippen LogP contribution >= 0.6 is 0 Å². The van der Waals surface area contributed by atoms with Gasteiger partial charge in [-0.1, -0.05) is 25.1 Å². The third kappa shape index (κ3) is 3.07. The number of anilines is 2. The van der Waals surface area contributed by atoms with E-state index in [1.54, 1.807) is 6.20 Å². The first kappa shape index (κ1) is 17.0. The van der Waals surface area contributed by atoms with Crippen LogP contribution in [0.3, 0.4) is 0 Å². The Kier molecular flexibility index (Phi) is 4.64. The molecule has 0 N–H and O–H groups in total. The summed E-state index contributed by atoms with van der Waals surface area (Å²) in [4.78, 5) is 22.0. The van der Waals surface area contributed by atoms with Crippen molar-refractivity contribution in [3.05, 3.63) is 53.7 Å². The summed E-state index contributed by atoms with van der Waals surface area (Å²) in [5.74, 6) is 0.806. The van der Waals surface area contributed by atoms with Gasteiger partial charge in [0.25, 0.3) is 5.91 Å². The molecular formula is C21H25N3O2. The lowest BCUT2D eigenvalue weighted by Crippen LogP contribution is -2.47. The van der Waals surface area contributed by atoms with Crippen molar-refractivity contribution in [2.24, 2.45) is 0 Å². The van der Waals surface area contributed by atoms with Crippen molar-refractivity contribution < 1.29 is 9.53 Å². The number of fused-ring (bicyclic) bond motifs is 1. The molecule has 2 aromatic rings. The van der Waals surface area contributed by atoms with Gasteiger partial charge in [-0.15, -0.1) is 0 Å². The van der Waals surface area contributed by atoms with E-state index in [1.165, 1.54) is 5.56 Å². The fourth-order valence-corrected chi connectivity index (χ4v) is 3.95. The van der Waals surface area contributed by atoms with Gasteiger partial charge in [-0.05, 0) is 43.5 Å². The fourth-order valence-electron chi connectivity index (χ4n) is 3.95. The lowest BCUT2D eigenvalue weighted by molar-refractivity contribution is -0.0175. The van der Waals surface area contributed by atoms with Crippen LogP contribution in [0.4, 0.5) is 11.5 Å². The Morgan fingerprint density at radius 3 is 2.92 bits per heavy atom. The normalized spacial score (nSPS) is 22.4. The monoisotopic (exact) mass is 351 g/mol. The van der Waals surface area contributed by atoms with Crippen molar-refractivity contribution in [2.75, 3.05) is 29.4 Å². The van der Waals surface area contributed by atoms with E-state index in [4.69, 9.17) is 4.74 Å². The summed E-state index contributed by atoms with van der Waals surface area (Å²) in [7, 11) is 0. The number of para-hydroxylation sites is 1. The molecule has 1 amide bonds. The molecule has 136 valence electrons. The number of pyridine rings is 1. The number of nitrogens with zero attached hydrogens (tertiary/aromatic N) is 3. The Morgan fingerprint density at radius 2 is 2.08 bits per heavy atom. The Labute approximate surface area is 154 Å². The molecule has 1 aromatic heterocycles. The number of amides is 1. The second-order valence-corrected chi connectivity index (χ2v) is 7.09. The number of morpholine rings is 1. The van der Waals surface area contributed by atoms with Crippen LogP contribution in [0.5, 0.6) is 0 Å². The van der Waals surface area contributed by atoms with Crippen LogP contribution in [-0.4, -0.2) is 42.7 Å². The van der Waals surface area contributed by atoms with E-state index in [9.17, 15) is 4.79 Å². The molecular weight excluding hydrogens is 326 g/mol. The van der Waals surface area contributed by atoms with Crippen LogP contribution in [0.1, 0.15) is 36.2 Å². The molecule has 5 nitrogen and oxygen atoms in total. The molecule has 0 radical (unpaired) electrons. The molecule has 26 heavy (non-hydrogen) atoms. The van der Waals surface area contributed by atoms with Gasteiger partial charge in [0.2, 0.25) is 0 Å². The minimum Gasteiger partial charge on any atom is -0.372 e. The quantitative estimate of drug-likeness (QED) is 0.851. The minimum absolute atomic E-state index is 0.0326. The number of hydrogen-bond donors (Lipinski definition) is 0. The molecule has 2 aliphatic rings. The Hall–Kier alpha value is -2.40. The van der Waals surface area contributed by atoms with E-state index >= 15 is 0 Å². The number of ether oxygens (including phenoxy) is 1. The number of benzene rings is 1. The molecule has 4 rings (SSSR count). The highest BCUT2D eigenvalue weighted by Gasteiger charge is 2.31. The van der Waals surface area contributed by atoms with Crippen molar-refractivity contribution in [2.45, 2.75) is 38.9 Å². The van der Waals surface area contributed by atoms with Gasteiger partial charge in [0.05, 0.1) is 17.8 Å². The number of hydrogen-bond acceptors (Lipinski definition) is 4. The van der Waals surface area contributed by atoms with Crippen molar-refractivity contribution in [1.82, 2.24) is 4.98 Å². The SMILES string of the molecule is CCC1CN(c2ncccc2C(=O)N2CCc3ccccc32)CC(C)O1. The van der Waals surface area contributed by atoms with Crippen LogP contribution in [0, 0.1) is 0 Å². The molecule has 0 aliphatic carbocycles. The molecule has 1 aromatic carbocycles. The number of carbonyl (C=O) groups is 1. The summed E-state index contributed by atoms with van der Waals surface area (Å²) in [5.41, 5.74) is 2.93. The summed E-state index contributed by atoms with van der Waals surface area (Å²) < 4.78 is 5.97. The molecule has 1 saturated heterocycles. The summed E-state index contributed by atoms with van der Waals surface area (Å²) in [5, 5.41) is 0. The van der Waals surface area contributed by atoms with Gasteiger partial charge in [0, 0.05) is 31.5 Å². The molecule has 3 heterocycles. The maximum absolute atomic E-state index is 13.3. The topological polar surface area (TPSA) is 45.7 Å². The second kappa shape index (κ2) is 7.08. The highest BCUT2D eigenvalue weighted by molar-refractivity contribution is 6.10. The van der Waals surface area contributed by atoms with E-state index < -0.39 is 0 Å². The molecule has 2 aliphatic heterocycles. The van der Waals surface area contributed by atoms with Gasteiger partial charge >= 0.3 is 0 Å². The fraction of sp³-hybridized carbons (Fsp3) is 0.429. The Morgan fingerprint density at radius 1 is 1.23 bits per heavy atom. The minimum atomic E-state index is 0.0326. The van der Waals surface area contributed by atoms with Crippen molar-refractivity contribution in [3.8, 4) is 0 Å². The van der Waals surface area contributed by atoms with Gasteiger partial charge in [0.15, 0.2) is 0 Å². The first-order valence-corrected chi connectivity index (χ1v) is 9.42. The van der Waals surface area contributed by atoms with E-state index in [-0.39, 0.29) is 18.1 Å². The predicted octanol–water partition coefficient (Wildman–Crippen LogP) is 3.29. The average Bonchev–Trinajstić information content (AvgIpc) is 3.11. The van der Waals surface area contributed by atoms with Crippen LogP contribution in [0.2, 0.25) is 0 Å². The number of aromatic nitrogens is 1. The Bertz CT molecular complexity index is 807. The van der Waals surface area contributed by atoms with Gasteiger partial charge in [-0.2, -0.15) is 0 Å². The summed E-state index contributed by atoms with van der Waals surface area (Å²) in [6.45, 7) is 6.46. The number of carbonyl (C=O) groups excluding carboxylic acids is 1. The zero-order valence-corrected chi connectivity index (χ0v) is 15.4. The van der Waals surface area contributed by atoms with Gasteiger partial charge in [-0.25, -0.2) is 4.98 Å². The average molecular weight is 351 g/mol. The maximum Gasteiger partial charge on any atom is 0.262 e. The lowest BCUT2D eigenvalue weighted by atomic mass is 10.1. The second-order valence-electron chi connectivity index (χ2n) is 7.09. The molecule has 2 unspecified atom stereocenters. The van der Waals surface area contributed by atoms with Crippen molar-refractivity contribution in [1.29, 1.82) is 0 Å². The molecule has 1 fully saturated rings. The summed E-state index contributed by atoms with van der Waals surface area (Å²) >= 11 is 0. The van der Waals surface area contributed by atoms with Crippen molar-refractivity contribution >= 4 is 17.4 Å². The smallest absolute Gasteiger partial charge is 0.262 e. The summed E-state index contributed by atoms with van der Waals surface area (Å²) in [6.07, 6.45) is 3.94. The van der Waals surface area contributed by atoms with E-state index in [2.05, 4.69) is 29.8 Å². The first-order chi connectivity index (χ1) is 12.7. The van der Waals surface area contributed by atoms with Gasteiger partial charge in [0.1, 0.15) is 5.82 Å². The van der Waals surface area contributed by atoms with Crippen LogP contribution in [0.25, 0.3) is 0 Å². The van der Waals surface area contributed by atoms with E-state index in [0.717, 1.165) is 44.0 Å². The lowest BCUT2D eigenvalue weighted by Gasteiger charge is -2.38. The molecule has 0 bridgehead atoms. The number of rotatable bonds is 3. The molecule has 0 saturated carbocycles. The highest BCUT2D eigenvalue weighted by Crippen LogP contribution is 2.31. The van der Waals surface area contributed by atoms with Crippen LogP contribution in [-0.2, 0) is 11.2 Å². The Balaban J connectivity index is 1.65. The van der Waals surface area contributed by atoms with E-state index in [0.29, 0.717) is 5.56 Å². The van der Waals surface area contributed by atoms with E-state index in [1.807, 2.05) is 35.2 Å². The maximum atomic E-state index is 13.3. The third-order valence-electron chi connectivity index (χ3n) is 5.23.